The van der Waals surface area contributed by atoms with Crippen molar-refractivity contribution in [3.05, 3.63) is 84.0 Å². The first-order chi connectivity index (χ1) is 23.8. The zero-order valence-electron chi connectivity index (χ0n) is 31.0. The number of ketones is 1. The van der Waals surface area contributed by atoms with Crippen molar-refractivity contribution in [3.8, 4) is 0 Å². The van der Waals surface area contributed by atoms with Gasteiger partial charge in [-0.1, -0.05) is 75.1 Å². The van der Waals surface area contributed by atoms with Gasteiger partial charge < -0.3 is 40.4 Å². The first-order valence-electron chi connectivity index (χ1n) is 16.8. The van der Waals surface area contributed by atoms with Crippen LogP contribution in [0.2, 0.25) is 0 Å². The Hall–Kier alpha value is -3.94. The molecule has 51 heavy (non-hydrogen) atoms. The Morgan fingerprint density at radius 3 is 2.12 bits per heavy atom. The number of methoxy groups -OCH3 is 2. The average molecular weight is 716 g/mol. The second kappa shape index (κ2) is 20.2. The molecule has 12 nitrogen and oxygen atoms in total. The third-order valence-electron chi connectivity index (χ3n) is 10.1. The number of hydrogen-bond acceptors (Lipinski definition) is 9. The molecule has 2 fully saturated rings. The zero-order chi connectivity index (χ0) is 39.2. The highest BCUT2D eigenvalue weighted by Crippen LogP contribution is 2.57. The molecule has 284 valence electrons. The number of carbonyl (C=O) groups is 4. The van der Waals surface area contributed by atoms with E-state index in [9.17, 15) is 19.5 Å². The number of benzene rings is 1. The normalized spacial score (nSPS) is 27.4. The number of ether oxygens (including phenoxy) is 3. The summed E-state index contributed by atoms with van der Waals surface area (Å²) in [5.74, 6) is -2.73. The molecule has 1 saturated heterocycles. The Morgan fingerprint density at radius 1 is 1.08 bits per heavy atom. The van der Waals surface area contributed by atoms with Crippen molar-refractivity contribution in [2.24, 2.45) is 22.5 Å². The number of fused-ring (bicyclic) bond motifs is 3. The highest BCUT2D eigenvalue weighted by molar-refractivity contribution is 5.93. The van der Waals surface area contributed by atoms with Crippen LogP contribution in [0.15, 0.2) is 78.4 Å². The Labute approximate surface area is 301 Å². The van der Waals surface area contributed by atoms with Crippen molar-refractivity contribution in [1.29, 1.82) is 0 Å². The molecule has 0 spiro atoms. The summed E-state index contributed by atoms with van der Waals surface area (Å²) in [6, 6.07) is 8.82. The van der Waals surface area contributed by atoms with Crippen molar-refractivity contribution in [2.45, 2.75) is 90.6 Å². The van der Waals surface area contributed by atoms with Crippen molar-refractivity contribution >= 4 is 23.7 Å². The lowest BCUT2D eigenvalue weighted by Gasteiger charge is -2.56. The van der Waals surface area contributed by atoms with E-state index in [0.29, 0.717) is 32.5 Å². The predicted molar refractivity (Wildman–Crippen MR) is 194 cm³/mol. The number of aliphatic hydroxyl groups is 1. The maximum absolute atomic E-state index is 13.9. The summed E-state index contributed by atoms with van der Waals surface area (Å²) in [6.07, 6.45) is 5.84. The number of allylic oxidation sites excluding steroid dienone is 3. The SMILES string of the molecule is C=C/C=C(\C=C)C(=O)O.CC(=O)O.COC1C(=O)C2(C)C(COCCC2OC)CC2(O)CCC(C)=C1C2(C)C.NC(CC(=O)O)c1ccccc1. The summed E-state index contributed by atoms with van der Waals surface area (Å²) in [7, 11) is 3.26. The minimum absolute atomic E-state index is 0.0238. The number of Topliss-reactive ketones (excluding diaryl/α,β-unsaturated/α-hetero) is 1. The van der Waals surface area contributed by atoms with Gasteiger partial charge in [-0.3, -0.25) is 14.4 Å². The monoisotopic (exact) mass is 715 g/mol. The number of nitrogens with two attached hydrogens (primary N) is 1. The number of hydrogen-bond donors (Lipinski definition) is 5. The summed E-state index contributed by atoms with van der Waals surface area (Å²) >= 11 is 0. The van der Waals surface area contributed by atoms with Crippen LogP contribution in [0, 0.1) is 16.7 Å². The zero-order valence-corrected chi connectivity index (χ0v) is 31.0. The fourth-order valence-electron chi connectivity index (χ4n) is 7.09. The molecule has 1 aromatic rings. The van der Waals surface area contributed by atoms with Crippen LogP contribution in [-0.2, 0) is 33.4 Å². The molecular formula is C39H57NO11. The number of carboxylic acids is 3. The lowest BCUT2D eigenvalue weighted by molar-refractivity contribution is -0.168. The molecule has 4 rings (SSSR count). The highest BCUT2D eigenvalue weighted by Gasteiger charge is 2.61. The molecule has 1 heterocycles. The van der Waals surface area contributed by atoms with E-state index in [1.807, 2.05) is 37.3 Å². The van der Waals surface area contributed by atoms with E-state index in [1.165, 1.54) is 23.8 Å². The summed E-state index contributed by atoms with van der Waals surface area (Å²) in [5.41, 5.74) is 6.59. The first-order valence-corrected chi connectivity index (χ1v) is 16.8. The minimum Gasteiger partial charge on any atom is -0.481 e. The standard InChI is InChI=1S/C21H34O5.C9H11NO2.C7H8O2.C2H4O2/c1-13-7-9-21(23)11-14-12-26-10-8-15(24-5)20(14,4)18(22)17(25-6)16(13)19(21,2)3;10-8(6-9(11)12)7-4-2-1-3-5-7;1-3-5-6(4-2)7(8)9;1-2(3)4/h14-15,17,23H,7-12H2,1-6H3;1-5,8H,6,10H2,(H,11,12);3-5H,1-2H2,(H,8,9);1H3,(H,3,4)/b;;6-5+;. The van der Waals surface area contributed by atoms with Gasteiger partial charge in [0.1, 0.15) is 6.10 Å². The van der Waals surface area contributed by atoms with Crippen LogP contribution in [-0.4, -0.2) is 89.4 Å². The number of carboxylic acid groups (broad SMARTS) is 3. The summed E-state index contributed by atoms with van der Waals surface area (Å²) in [6.45, 7) is 16.9. The van der Waals surface area contributed by atoms with Crippen LogP contribution < -0.4 is 5.73 Å². The topological polar surface area (TPSA) is 203 Å². The van der Waals surface area contributed by atoms with Gasteiger partial charge in [-0.2, -0.15) is 0 Å². The Bertz CT molecular complexity index is 1430. The molecule has 2 bridgehead atoms. The second-order valence-corrected chi connectivity index (χ2v) is 13.6. The molecule has 2 aliphatic carbocycles. The molecule has 0 aromatic heterocycles. The molecule has 1 aliphatic heterocycles. The van der Waals surface area contributed by atoms with E-state index in [2.05, 4.69) is 33.9 Å². The van der Waals surface area contributed by atoms with Gasteiger partial charge in [0.05, 0.1) is 35.7 Å². The van der Waals surface area contributed by atoms with E-state index in [0.717, 1.165) is 24.5 Å². The summed E-state index contributed by atoms with van der Waals surface area (Å²) < 4.78 is 17.4. The van der Waals surface area contributed by atoms with E-state index >= 15 is 0 Å². The molecule has 0 amide bonds. The lowest BCUT2D eigenvalue weighted by atomic mass is 9.52. The van der Waals surface area contributed by atoms with Crippen LogP contribution in [0.4, 0.5) is 0 Å². The smallest absolute Gasteiger partial charge is 0.335 e. The van der Waals surface area contributed by atoms with Crippen LogP contribution in [0.25, 0.3) is 0 Å². The molecular weight excluding hydrogens is 658 g/mol. The summed E-state index contributed by atoms with van der Waals surface area (Å²) in [4.78, 5) is 43.3. The molecule has 0 radical (unpaired) electrons. The molecule has 6 N–H and O–H groups in total. The van der Waals surface area contributed by atoms with Crippen LogP contribution in [0.5, 0.6) is 0 Å². The van der Waals surface area contributed by atoms with Crippen molar-refractivity contribution in [2.75, 3.05) is 27.4 Å². The average Bonchev–Trinajstić information content (AvgIpc) is 3.22. The largest absolute Gasteiger partial charge is 0.481 e. The maximum Gasteiger partial charge on any atom is 0.335 e. The number of carbonyl (C=O) groups excluding carboxylic acids is 1. The highest BCUT2D eigenvalue weighted by atomic mass is 16.5. The van der Waals surface area contributed by atoms with E-state index < -0.39 is 46.5 Å². The van der Waals surface area contributed by atoms with Crippen molar-refractivity contribution < 1.29 is 53.8 Å². The Morgan fingerprint density at radius 2 is 1.67 bits per heavy atom. The van der Waals surface area contributed by atoms with Gasteiger partial charge in [-0.15, -0.1) is 0 Å². The van der Waals surface area contributed by atoms with Gasteiger partial charge in [0.25, 0.3) is 5.97 Å². The maximum atomic E-state index is 13.9. The van der Waals surface area contributed by atoms with Crippen molar-refractivity contribution in [1.82, 2.24) is 0 Å². The van der Waals surface area contributed by atoms with Gasteiger partial charge in [0, 0.05) is 39.2 Å². The predicted octanol–water partition coefficient (Wildman–Crippen LogP) is 5.52. The third kappa shape index (κ3) is 11.5. The lowest BCUT2D eigenvalue weighted by Crippen LogP contribution is -2.62. The Kier molecular flexibility index (Phi) is 17.8. The quantitative estimate of drug-likeness (QED) is 0.128. The van der Waals surface area contributed by atoms with E-state index in [4.69, 9.17) is 40.1 Å². The molecule has 1 saturated carbocycles. The molecule has 6 atom stereocenters. The molecule has 12 heteroatoms. The van der Waals surface area contributed by atoms with Crippen LogP contribution >= 0.6 is 0 Å². The molecule has 6 unspecified atom stereocenters. The second-order valence-electron chi connectivity index (χ2n) is 13.6. The fraction of sp³-hybridized carbons (Fsp3) is 0.538. The fourth-order valence-corrected chi connectivity index (χ4v) is 7.09. The van der Waals surface area contributed by atoms with Crippen LogP contribution in [0.1, 0.15) is 78.3 Å². The first kappa shape index (κ1) is 45.1. The minimum atomic E-state index is -0.982. The third-order valence-corrected chi connectivity index (χ3v) is 10.1. The van der Waals surface area contributed by atoms with Crippen molar-refractivity contribution in [3.63, 3.8) is 0 Å². The van der Waals surface area contributed by atoms with Gasteiger partial charge in [0.15, 0.2) is 5.78 Å². The van der Waals surface area contributed by atoms with E-state index in [-0.39, 0.29) is 29.8 Å². The summed E-state index contributed by atoms with van der Waals surface area (Å²) in [5, 5.41) is 36.0. The number of aliphatic carboxylic acids is 3. The van der Waals surface area contributed by atoms with Gasteiger partial charge in [-0.05, 0) is 62.7 Å². The van der Waals surface area contributed by atoms with Gasteiger partial charge in [-0.25, -0.2) is 4.79 Å². The molecule has 1 aromatic carbocycles. The molecule has 3 aliphatic rings. The van der Waals surface area contributed by atoms with E-state index in [1.54, 1.807) is 14.2 Å². The number of rotatable bonds is 8. The Balaban J connectivity index is 0.000000429. The van der Waals surface area contributed by atoms with Gasteiger partial charge in [0.2, 0.25) is 0 Å². The van der Waals surface area contributed by atoms with Gasteiger partial charge >= 0.3 is 11.9 Å². The van der Waals surface area contributed by atoms with Crippen LogP contribution in [0.3, 0.4) is 0 Å².